The lowest BCUT2D eigenvalue weighted by molar-refractivity contribution is -0.148. The van der Waals surface area contributed by atoms with Crippen LogP contribution in [0.5, 0.6) is 17.2 Å². The van der Waals surface area contributed by atoms with Crippen molar-refractivity contribution in [2.45, 2.75) is 57.4 Å². The summed E-state index contributed by atoms with van der Waals surface area (Å²) >= 11 is 14.1. The average molecular weight is 805 g/mol. The minimum atomic E-state index is -3.06. The van der Waals surface area contributed by atoms with Gasteiger partial charge in [-0.25, -0.2) is 9.59 Å². The van der Waals surface area contributed by atoms with Gasteiger partial charge in [0.15, 0.2) is 11.5 Å². The predicted molar refractivity (Wildman–Crippen MR) is 201 cm³/mol. The molecule has 15 heteroatoms. The number of benzene rings is 2. The molecular formula is C39H41Cl2F2N3O7S. The number of nitrogens with zero attached hydrogens (tertiary/aromatic N) is 2. The van der Waals surface area contributed by atoms with Crippen LogP contribution in [0, 0.1) is 11.8 Å². The van der Waals surface area contributed by atoms with Gasteiger partial charge in [0.2, 0.25) is 0 Å². The number of carbonyl (C=O) groups excluding carboxylic acids is 2. The highest BCUT2D eigenvalue weighted by atomic mass is 35.5. The maximum absolute atomic E-state index is 13.7. The molecule has 2 fully saturated rings. The fraction of sp³-hybridized carbons (Fsp3) is 0.410. The monoisotopic (exact) mass is 803 g/mol. The van der Waals surface area contributed by atoms with E-state index in [1.807, 2.05) is 0 Å². The molecule has 0 spiro atoms. The summed E-state index contributed by atoms with van der Waals surface area (Å²) in [6.45, 7) is -0.306. The Morgan fingerprint density at radius 2 is 1.70 bits per heavy atom. The first-order chi connectivity index (χ1) is 26.0. The quantitative estimate of drug-likeness (QED) is 0.101. The Labute approximate surface area is 326 Å². The Morgan fingerprint density at radius 1 is 0.963 bits per heavy atom. The number of hydrogen-bond donors (Lipinski definition) is 2. The van der Waals surface area contributed by atoms with Crippen LogP contribution in [0.3, 0.4) is 0 Å². The molecule has 2 aromatic carbocycles. The number of pyridine rings is 1. The van der Waals surface area contributed by atoms with Crippen LogP contribution in [-0.4, -0.2) is 66.9 Å². The zero-order chi connectivity index (χ0) is 38.2. The van der Waals surface area contributed by atoms with Crippen molar-refractivity contribution >= 4 is 46.5 Å². The molecule has 1 aliphatic heterocycles. The maximum Gasteiger partial charge on any atom is 0.387 e. The Kier molecular flexibility index (Phi) is 13.6. The third kappa shape index (κ3) is 11.0. The molecule has 1 saturated heterocycles. The van der Waals surface area contributed by atoms with Gasteiger partial charge in [0.1, 0.15) is 22.8 Å². The summed E-state index contributed by atoms with van der Waals surface area (Å²) in [6, 6.07) is 13.4. The summed E-state index contributed by atoms with van der Waals surface area (Å²) in [4.78, 5) is 34.4. The SMILES string of the molecule is CN1CCC(COC(=O)C(NCc2ccc(C(=O)O[C@@H](Cc3c(Cl)cncc3Cl)c3ccc(OC(F)F)c(OCC4CC4)c3)s2)c2cccc(O)c2)CC1. The van der Waals surface area contributed by atoms with E-state index in [1.54, 1.807) is 24.3 Å². The van der Waals surface area contributed by atoms with Crippen LogP contribution in [0.15, 0.2) is 67.0 Å². The molecular weight excluding hydrogens is 763 g/mol. The lowest BCUT2D eigenvalue weighted by Crippen LogP contribution is -2.34. The molecule has 1 aliphatic carbocycles. The number of thiophene rings is 1. The van der Waals surface area contributed by atoms with E-state index < -0.39 is 30.7 Å². The van der Waals surface area contributed by atoms with Crippen molar-refractivity contribution in [2.24, 2.45) is 11.8 Å². The molecule has 2 atom stereocenters. The number of rotatable bonds is 17. The second-order valence-electron chi connectivity index (χ2n) is 13.6. The number of aromatic hydroxyl groups is 1. The minimum absolute atomic E-state index is 0.0188. The zero-order valence-electron chi connectivity index (χ0n) is 29.5. The van der Waals surface area contributed by atoms with Crippen molar-refractivity contribution in [3.05, 3.63) is 103 Å². The normalized spacial score (nSPS) is 16.2. The molecule has 0 radical (unpaired) electrons. The number of carbonyl (C=O) groups is 2. The summed E-state index contributed by atoms with van der Waals surface area (Å²) in [6.07, 6.45) is 5.81. The number of phenols is 1. The first-order valence-electron chi connectivity index (χ1n) is 17.7. The molecule has 0 amide bonds. The standard InChI is InChI=1S/C39H41Cl2F2N3O7S/c1-46-13-11-24(12-14-46)22-51-38(49)36(26-3-2-4-27(47)15-26)45-18-28-8-10-35(54-28)37(48)52-33(17-29-30(40)19-44-20-31(29)41)25-7-9-32(53-39(42)43)34(16-25)50-21-23-5-6-23/h2-4,7-10,15-16,19-20,23-24,33,36,39,45,47H,5-6,11-14,17-18,21-22H2,1H3/t33-,36?/m0/s1. The maximum atomic E-state index is 13.7. The molecule has 2 aromatic heterocycles. The number of aromatic nitrogens is 1. The van der Waals surface area contributed by atoms with Crippen molar-refractivity contribution < 1.29 is 42.4 Å². The molecule has 2 aliphatic rings. The summed E-state index contributed by atoms with van der Waals surface area (Å²) in [7, 11) is 2.07. The predicted octanol–water partition coefficient (Wildman–Crippen LogP) is 8.40. The van der Waals surface area contributed by atoms with Crippen LogP contribution in [0.4, 0.5) is 8.78 Å². The Bertz CT molecular complexity index is 1890. The van der Waals surface area contributed by atoms with Crippen LogP contribution in [-0.2, 0) is 27.2 Å². The Morgan fingerprint density at radius 3 is 2.41 bits per heavy atom. The molecule has 3 heterocycles. The molecule has 1 saturated carbocycles. The number of likely N-dealkylation sites (tertiary alicyclic amines) is 1. The van der Waals surface area contributed by atoms with Crippen LogP contribution >= 0.6 is 34.5 Å². The molecule has 10 nitrogen and oxygen atoms in total. The number of hydrogen-bond acceptors (Lipinski definition) is 11. The van der Waals surface area contributed by atoms with E-state index in [0.717, 1.165) is 43.6 Å². The van der Waals surface area contributed by atoms with E-state index in [1.165, 1.54) is 54.1 Å². The van der Waals surface area contributed by atoms with Gasteiger partial charge in [0.05, 0.1) is 23.3 Å². The summed E-state index contributed by atoms with van der Waals surface area (Å²) < 4.78 is 48.9. The van der Waals surface area contributed by atoms with Gasteiger partial charge in [-0.2, -0.15) is 8.78 Å². The third-order valence-corrected chi connectivity index (χ3v) is 11.1. The van der Waals surface area contributed by atoms with E-state index in [9.17, 15) is 23.5 Å². The van der Waals surface area contributed by atoms with E-state index in [-0.39, 0.29) is 51.1 Å². The van der Waals surface area contributed by atoms with Crippen molar-refractivity contribution in [3.63, 3.8) is 0 Å². The number of piperidine rings is 1. The molecule has 288 valence electrons. The van der Waals surface area contributed by atoms with Gasteiger partial charge in [-0.3, -0.25) is 10.3 Å². The van der Waals surface area contributed by atoms with E-state index in [2.05, 4.69) is 22.2 Å². The lowest BCUT2D eigenvalue weighted by Gasteiger charge is -2.29. The summed E-state index contributed by atoms with van der Waals surface area (Å²) in [5.41, 5.74) is 1.48. The summed E-state index contributed by atoms with van der Waals surface area (Å²) in [5, 5.41) is 13.9. The largest absolute Gasteiger partial charge is 0.508 e. The van der Waals surface area contributed by atoms with Crippen LogP contribution in [0.1, 0.15) is 69.1 Å². The summed E-state index contributed by atoms with van der Waals surface area (Å²) in [5.74, 6) is -0.506. The fourth-order valence-corrected chi connectivity index (χ4v) is 7.46. The minimum Gasteiger partial charge on any atom is -0.508 e. The van der Waals surface area contributed by atoms with Gasteiger partial charge in [0, 0.05) is 30.2 Å². The Balaban J connectivity index is 1.17. The van der Waals surface area contributed by atoms with Crippen LogP contribution in [0.2, 0.25) is 10.0 Å². The smallest absolute Gasteiger partial charge is 0.387 e. The third-order valence-electron chi connectivity index (χ3n) is 9.40. The first kappa shape index (κ1) is 39.7. The van der Waals surface area contributed by atoms with Gasteiger partial charge < -0.3 is 29.0 Å². The van der Waals surface area contributed by atoms with Crippen LogP contribution < -0.4 is 14.8 Å². The molecule has 0 bridgehead atoms. The van der Waals surface area contributed by atoms with Gasteiger partial charge in [-0.1, -0.05) is 41.4 Å². The highest BCUT2D eigenvalue weighted by molar-refractivity contribution is 7.13. The first-order valence-corrected chi connectivity index (χ1v) is 19.3. The molecule has 6 rings (SSSR count). The number of phenolic OH excluding ortho intramolecular Hbond substituents is 1. The lowest BCUT2D eigenvalue weighted by atomic mass is 9.98. The fourth-order valence-electron chi connectivity index (χ4n) is 6.10. The highest BCUT2D eigenvalue weighted by Gasteiger charge is 2.28. The topological polar surface area (TPSA) is 119 Å². The van der Waals surface area contributed by atoms with Crippen molar-refractivity contribution in [1.82, 2.24) is 15.2 Å². The number of ether oxygens (including phenoxy) is 4. The molecule has 2 N–H and O–H groups in total. The van der Waals surface area contributed by atoms with Crippen molar-refractivity contribution in [2.75, 3.05) is 33.4 Å². The average Bonchev–Trinajstić information content (AvgIpc) is 3.86. The van der Waals surface area contributed by atoms with Gasteiger partial charge in [-0.05, 0) is 111 Å². The molecule has 4 aromatic rings. The van der Waals surface area contributed by atoms with Gasteiger partial charge in [-0.15, -0.1) is 11.3 Å². The van der Waals surface area contributed by atoms with E-state index >= 15 is 0 Å². The zero-order valence-corrected chi connectivity index (χ0v) is 31.8. The number of alkyl halides is 2. The second-order valence-corrected chi connectivity index (χ2v) is 15.6. The Hall–Kier alpha value is -4.01. The van der Waals surface area contributed by atoms with Gasteiger partial charge in [0.25, 0.3) is 0 Å². The molecule has 54 heavy (non-hydrogen) atoms. The van der Waals surface area contributed by atoms with Crippen molar-refractivity contribution in [1.29, 1.82) is 0 Å². The van der Waals surface area contributed by atoms with Gasteiger partial charge >= 0.3 is 18.6 Å². The van der Waals surface area contributed by atoms with E-state index in [0.29, 0.717) is 35.8 Å². The number of nitrogens with one attached hydrogen (secondary N) is 1. The number of esters is 2. The molecule has 1 unspecified atom stereocenters. The van der Waals surface area contributed by atoms with Crippen LogP contribution in [0.25, 0.3) is 0 Å². The number of halogens is 4. The highest BCUT2D eigenvalue weighted by Crippen LogP contribution is 2.38. The van der Waals surface area contributed by atoms with E-state index in [4.69, 9.17) is 42.1 Å². The van der Waals surface area contributed by atoms with Crippen molar-refractivity contribution in [3.8, 4) is 17.2 Å². The second kappa shape index (κ2) is 18.5.